The van der Waals surface area contributed by atoms with Crippen LogP contribution < -0.4 is 24.8 Å². The van der Waals surface area contributed by atoms with Crippen molar-refractivity contribution in [1.82, 2.24) is 10.6 Å². The highest BCUT2D eigenvalue weighted by molar-refractivity contribution is 7.80. The summed E-state index contributed by atoms with van der Waals surface area (Å²) in [6.07, 6.45) is 7.09. The number of ether oxygens (including phenoxy) is 3. The van der Waals surface area contributed by atoms with Gasteiger partial charge >= 0.3 is 0 Å². The molecule has 6 nitrogen and oxygen atoms in total. The van der Waals surface area contributed by atoms with Crippen LogP contribution in [0.25, 0.3) is 0 Å². The number of carbonyl (C=O) groups is 1. The molecule has 0 spiro atoms. The Kier molecular flexibility index (Phi) is 7.31. The molecule has 25 heavy (non-hydrogen) atoms. The van der Waals surface area contributed by atoms with E-state index in [0.717, 1.165) is 12.8 Å². The molecule has 1 amide bonds. The lowest BCUT2D eigenvalue weighted by molar-refractivity contribution is 0.0975. The predicted molar refractivity (Wildman–Crippen MR) is 101 cm³/mol. The summed E-state index contributed by atoms with van der Waals surface area (Å²) in [5.41, 5.74) is 0.388. The lowest BCUT2D eigenvalue weighted by atomic mass is 10.1. The molecule has 1 aliphatic rings. The minimum Gasteiger partial charge on any atom is -0.493 e. The monoisotopic (exact) mass is 366 g/mol. The molecule has 1 fully saturated rings. The molecule has 1 saturated carbocycles. The van der Waals surface area contributed by atoms with Crippen LogP contribution >= 0.6 is 12.2 Å². The molecule has 138 valence electrons. The van der Waals surface area contributed by atoms with Crippen molar-refractivity contribution in [3.63, 3.8) is 0 Å². The minimum atomic E-state index is -0.314. The molecule has 0 unspecified atom stereocenters. The number of methoxy groups -OCH3 is 3. The Bertz CT molecular complexity index is 588. The van der Waals surface area contributed by atoms with Crippen molar-refractivity contribution in [1.29, 1.82) is 0 Å². The molecule has 1 aromatic rings. The highest BCUT2D eigenvalue weighted by Gasteiger charge is 2.19. The van der Waals surface area contributed by atoms with E-state index in [4.69, 9.17) is 26.4 Å². The number of thiocarbonyl (C=S) groups is 1. The zero-order chi connectivity index (χ0) is 18.2. The highest BCUT2D eigenvalue weighted by atomic mass is 32.1. The summed E-state index contributed by atoms with van der Waals surface area (Å²) in [6.45, 7) is 0. The first-order chi connectivity index (χ1) is 12.1. The van der Waals surface area contributed by atoms with Gasteiger partial charge in [0.05, 0.1) is 21.3 Å². The number of hydrogen-bond donors (Lipinski definition) is 2. The van der Waals surface area contributed by atoms with E-state index in [1.807, 2.05) is 0 Å². The molecular weight excluding hydrogens is 340 g/mol. The molecule has 1 aromatic carbocycles. The summed E-state index contributed by atoms with van der Waals surface area (Å²) in [6, 6.07) is 3.53. The summed E-state index contributed by atoms with van der Waals surface area (Å²) in [5, 5.41) is 6.34. The molecule has 7 heteroatoms. The lowest BCUT2D eigenvalue weighted by Crippen LogP contribution is -2.44. The fraction of sp³-hybridized carbons (Fsp3) is 0.556. The van der Waals surface area contributed by atoms with E-state index in [9.17, 15) is 4.79 Å². The molecule has 0 bridgehead atoms. The summed E-state index contributed by atoms with van der Waals surface area (Å²) >= 11 is 5.30. The molecule has 2 N–H and O–H groups in total. The molecule has 0 saturated heterocycles. The van der Waals surface area contributed by atoms with Crippen LogP contribution in [0, 0.1) is 0 Å². The fourth-order valence-corrected chi connectivity index (χ4v) is 3.29. The van der Waals surface area contributed by atoms with Crippen molar-refractivity contribution >= 4 is 23.2 Å². The molecule has 0 aromatic heterocycles. The Labute approximate surface area is 154 Å². The van der Waals surface area contributed by atoms with Crippen molar-refractivity contribution in [3.05, 3.63) is 17.7 Å². The predicted octanol–water partition coefficient (Wildman–Crippen LogP) is 3.04. The number of carbonyl (C=O) groups excluding carboxylic acids is 1. The summed E-state index contributed by atoms with van der Waals surface area (Å²) in [4.78, 5) is 12.5. The topological polar surface area (TPSA) is 68.8 Å². The van der Waals surface area contributed by atoms with Crippen LogP contribution in [0.15, 0.2) is 12.1 Å². The second kappa shape index (κ2) is 9.46. The minimum absolute atomic E-state index is 0.314. The van der Waals surface area contributed by atoms with Gasteiger partial charge in [-0.2, -0.15) is 0 Å². The van der Waals surface area contributed by atoms with Crippen LogP contribution in [0.3, 0.4) is 0 Å². The van der Waals surface area contributed by atoms with Crippen LogP contribution in [0.4, 0.5) is 0 Å². The summed E-state index contributed by atoms with van der Waals surface area (Å²) < 4.78 is 15.8. The van der Waals surface area contributed by atoms with E-state index in [0.29, 0.717) is 34.0 Å². The first-order valence-electron chi connectivity index (χ1n) is 8.51. The first-order valence-corrected chi connectivity index (χ1v) is 8.91. The van der Waals surface area contributed by atoms with Crippen LogP contribution in [-0.2, 0) is 0 Å². The van der Waals surface area contributed by atoms with E-state index in [1.165, 1.54) is 47.0 Å². The largest absolute Gasteiger partial charge is 0.493 e. The fourth-order valence-electron chi connectivity index (χ4n) is 3.03. The maximum Gasteiger partial charge on any atom is 0.257 e. The summed E-state index contributed by atoms with van der Waals surface area (Å²) in [7, 11) is 4.54. The van der Waals surface area contributed by atoms with Gasteiger partial charge in [0.1, 0.15) is 0 Å². The van der Waals surface area contributed by atoms with Gasteiger partial charge in [0.25, 0.3) is 5.91 Å². The van der Waals surface area contributed by atoms with E-state index in [2.05, 4.69) is 10.6 Å². The number of hydrogen-bond acceptors (Lipinski definition) is 5. The second-order valence-corrected chi connectivity index (χ2v) is 6.44. The van der Waals surface area contributed by atoms with Crippen LogP contribution in [0.5, 0.6) is 17.2 Å². The highest BCUT2D eigenvalue weighted by Crippen LogP contribution is 2.38. The Hall–Kier alpha value is -2.02. The SMILES string of the molecule is COc1cc(C(=O)NC(=S)NC2CCCCCC2)cc(OC)c1OC. The maximum atomic E-state index is 12.5. The average Bonchev–Trinajstić information content (AvgIpc) is 2.88. The van der Waals surface area contributed by atoms with Gasteiger partial charge in [-0.05, 0) is 37.2 Å². The van der Waals surface area contributed by atoms with Crippen LogP contribution in [0.1, 0.15) is 48.9 Å². The van der Waals surface area contributed by atoms with Gasteiger partial charge in [0, 0.05) is 11.6 Å². The molecular formula is C18H26N2O4S. The molecule has 2 rings (SSSR count). The second-order valence-electron chi connectivity index (χ2n) is 6.03. The van der Waals surface area contributed by atoms with Gasteiger partial charge in [0.15, 0.2) is 16.6 Å². The third-order valence-electron chi connectivity index (χ3n) is 4.34. The Balaban J connectivity index is 2.05. The summed E-state index contributed by atoms with van der Waals surface area (Å²) in [5.74, 6) is 0.982. The third-order valence-corrected chi connectivity index (χ3v) is 4.56. The molecule has 0 aliphatic heterocycles. The Morgan fingerprint density at radius 2 is 1.56 bits per heavy atom. The maximum absolute atomic E-state index is 12.5. The van der Waals surface area contributed by atoms with Gasteiger partial charge in [-0.1, -0.05) is 25.7 Å². The number of amides is 1. The number of benzene rings is 1. The van der Waals surface area contributed by atoms with E-state index < -0.39 is 0 Å². The molecule has 1 aliphatic carbocycles. The average molecular weight is 366 g/mol. The van der Waals surface area contributed by atoms with Crippen molar-refractivity contribution in [2.24, 2.45) is 0 Å². The van der Waals surface area contributed by atoms with Gasteiger partial charge < -0.3 is 19.5 Å². The van der Waals surface area contributed by atoms with Crippen molar-refractivity contribution in [2.45, 2.75) is 44.6 Å². The quantitative estimate of drug-likeness (QED) is 0.617. The third kappa shape index (κ3) is 5.22. The van der Waals surface area contributed by atoms with E-state index in [-0.39, 0.29) is 5.91 Å². The lowest BCUT2D eigenvalue weighted by Gasteiger charge is -2.19. The zero-order valence-electron chi connectivity index (χ0n) is 15.0. The normalized spacial score (nSPS) is 15.0. The van der Waals surface area contributed by atoms with Crippen molar-refractivity contribution in [3.8, 4) is 17.2 Å². The first kappa shape index (κ1) is 19.3. The molecule has 0 heterocycles. The Morgan fingerprint density at radius 1 is 1.00 bits per heavy atom. The van der Waals surface area contributed by atoms with Gasteiger partial charge in [-0.3, -0.25) is 10.1 Å². The van der Waals surface area contributed by atoms with Gasteiger partial charge in [0.2, 0.25) is 5.75 Å². The van der Waals surface area contributed by atoms with Crippen LogP contribution in [0.2, 0.25) is 0 Å². The molecule has 0 radical (unpaired) electrons. The number of rotatable bonds is 5. The van der Waals surface area contributed by atoms with Gasteiger partial charge in [-0.15, -0.1) is 0 Å². The van der Waals surface area contributed by atoms with Gasteiger partial charge in [-0.25, -0.2) is 0 Å². The van der Waals surface area contributed by atoms with Crippen molar-refractivity contribution < 1.29 is 19.0 Å². The smallest absolute Gasteiger partial charge is 0.257 e. The Morgan fingerprint density at radius 3 is 2.04 bits per heavy atom. The van der Waals surface area contributed by atoms with Crippen molar-refractivity contribution in [2.75, 3.05) is 21.3 Å². The van der Waals surface area contributed by atoms with Crippen LogP contribution in [-0.4, -0.2) is 38.4 Å². The zero-order valence-corrected chi connectivity index (χ0v) is 15.8. The van der Waals surface area contributed by atoms with E-state index >= 15 is 0 Å². The number of nitrogens with one attached hydrogen (secondary N) is 2. The van der Waals surface area contributed by atoms with E-state index in [1.54, 1.807) is 12.1 Å². The molecule has 0 atom stereocenters. The standard InChI is InChI=1S/C18H26N2O4S/c1-22-14-10-12(11-15(23-2)16(14)24-3)17(21)20-18(25)19-13-8-6-4-5-7-9-13/h10-11,13H,4-9H2,1-3H3,(H2,19,20,21,25).